The Kier molecular flexibility index (Phi) is 5.60. The molecule has 3 amide bonds. The molecule has 2 aliphatic rings. The molecular formula is C23H25N3O3. The van der Waals surface area contributed by atoms with E-state index >= 15 is 0 Å². The van der Waals surface area contributed by atoms with Gasteiger partial charge in [0, 0.05) is 25.2 Å². The summed E-state index contributed by atoms with van der Waals surface area (Å²) in [5, 5.41) is 2.93. The molecule has 0 saturated carbocycles. The third-order valence-corrected chi connectivity index (χ3v) is 5.63. The number of hydrogen-bond acceptors (Lipinski definition) is 3. The van der Waals surface area contributed by atoms with Crippen LogP contribution in [-0.2, 0) is 22.6 Å². The average Bonchev–Trinajstić information content (AvgIpc) is 3.24. The van der Waals surface area contributed by atoms with Gasteiger partial charge in [-0.3, -0.25) is 14.4 Å². The van der Waals surface area contributed by atoms with Crippen molar-refractivity contribution in [2.75, 3.05) is 19.6 Å². The maximum Gasteiger partial charge on any atom is 0.251 e. The highest BCUT2D eigenvalue weighted by Gasteiger charge is 2.41. The molecule has 0 aromatic heterocycles. The average molecular weight is 391 g/mol. The molecule has 2 aromatic carbocycles. The Bertz CT molecular complexity index is 895. The van der Waals surface area contributed by atoms with E-state index in [0.29, 0.717) is 25.2 Å². The van der Waals surface area contributed by atoms with Crippen LogP contribution in [0.3, 0.4) is 0 Å². The van der Waals surface area contributed by atoms with E-state index in [1.807, 2.05) is 42.5 Å². The first-order chi connectivity index (χ1) is 14.1. The zero-order valence-electron chi connectivity index (χ0n) is 16.3. The molecule has 6 heteroatoms. The number of amides is 3. The minimum Gasteiger partial charge on any atom is -0.352 e. The number of carbonyl (C=O) groups excluding carboxylic acids is 3. The summed E-state index contributed by atoms with van der Waals surface area (Å²) >= 11 is 0. The lowest BCUT2D eigenvalue weighted by molar-refractivity contribution is -0.154. The van der Waals surface area contributed by atoms with Gasteiger partial charge in [-0.25, -0.2) is 0 Å². The van der Waals surface area contributed by atoms with Gasteiger partial charge in [-0.05, 0) is 42.5 Å². The number of benzene rings is 2. The second-order valence-corrected chi connectivity index (χ2v) is 7.63. The van der Waals surface area contributed by atoms with Gasteiger partial charge in [0.2, 0.25) is 11.8 Å². The van der Waals surface area contributed by atoms with E-state index < -0.39 is 0 Å². The molecule has 29 heavy (non-hydrogen) atoms. The third kappa shape index (κ3) is 4.31. The van der Waals surface area contributed by atoms with Gasteiger partial charge in [-0.2, -0.15) is 0 Å². The van der Waals surface area contributed by atoms with Gasteiger partial charge in [0.25, 0.3) is 5.91 Å². The molecule has 4 rings (SSSR count). The minimum absolute atomic E-state index is 0.0292. The molecule has 0 spiro atoms. The topological polar surface area (TPSA) is 69.7 Å². The van der Waals surface area contributed by atoms with Gasteiger partial charge in [-0.15, -0.1) is 0 Å². The van der Waals surface area contributed by atoms with Crippen LogP contribution in [0.5, 0.6) is 0 Å². The molecular weight excluding hydrogens is 366 g/mol. The Balaban J connectivity index is 1.31. The molecule has 2 saturated heterocycles. The summed E-state index contributed by atoms with van der Waals surface area (Å²) in [5.74, 6) is -0.0512. The summed E-state index contributed by atoms with van der Waals surface area (Å²) in [4.78, 5) is 40.6. The number of fused-ring (bicyclic) bond motifs is 1. The van der Waals surface area contributed by atoms with Gasteiger partial charge < -0.3 is 15.1 Å². The molecule has 1 atom stereocenters. The van der Waals surface area contributed by atoms with E-state index in [0.717, 1.165) is 24.8 Å². The fourth-order valence-corrected chi connectivity index (χ4v) is 4.05. The van der Waals surface area contributed by atoms with Gasteiger partial charge >= 0.3 is 0 Å². The van der Waals surface area contributed by atoms with Crippen LogP contribution < -0.4 is 5.32 Å². The van der Waals surface area contributed by atoms with Crippen molar-refractivity contribution in [2.45, 2.75) is 31.8 Å². The second-order valence-electron chi connectivity index (χ2n) is 7.63. The lowest BCUT2D eigenvalue weighted by Gasteiger charge is -2.36. The normalized spacial score (nSPS) is 18.7. The van der Waals surface area contributed by atoms with Crippen LogP contribution in [0.4, 0.5) is 0 Å². The quantitative estimate of drug-likeness (QED) is 0.819. The van der Waals surface area contributed by atoms with Crippen LogP contribution in [-0.4, -0.2) is 53.2 Å². The minimum atomic E-state index is -0.286. The molecule has 0 bridgehead atoms. The molecule has 0 radical (unpaired) electrons. The van der Waals surface area contributed by atoms with E-state index in [2.05, 4.69) is 5.32 Å². The molecule has 1 N–H and O–H groups in total. The number of piperazine rings is 1. The van der Waals surface area contributed by atoms with E-state index in [9.17, 15) is 14.4 Å². The van der Waals surface area contributed by atoms with Gasteiger partial charge in [0.05, 0.1) is 0 Å². The molecule has 6 nitrogen and oxygen atoms in total. The monoisotopic (exact) mass is 391 g/mol. The highest BCUT2D eigenvalue weighted by molar-refractivity contribution is 5.95. The fraction of sp³-hybridized carbons (Fsp3) is 0.348. The van der Waals surface area contributed by atoms with Crippen molar-refractivity contribution in [1.82, 2.24) is 15.1 Å². The molecule has 150 valence electrons. The zero-order chi connectivity index (χ0) is 20.2. The molecule has 2 aliphatic heterocycles. The number of hydrogen-bond donors (Lipinski definition) is 1. The zero-order valence-corrected chi connectivity index (χ0v) is 16.3. The summed E-state index contributed by atoms with van der Waals surface area (Å²) in [7, 11) is 0. The van der Waals surface area contributed by atoms with Crippen molar-refractivity contribution >= 4 is 17.7 Å². The van der Waals surface area contributed by atoms with Crippen LogP contribution in [0.15, 0.2) is 54.6 Å². The summed E-state index contributed by atoms with van der Waals surface area (Å²) in [6.07, 6.45) is 2.43. The summed E-state index contributed by atoms with van der Waals surface area (Å²) in [6.45, 7) is 1.80. The van der Waals surface area contributed by atoms with Crippen molar-refractivity contribution in [3.8, 4) is 0 Å². The van der Waals surface area contributed by atoms with Crippen LogP contribution in [0, 0.1) is 0 Å². The summed E-state index contributed by atoms with van der Waals surface area (Å²) < 4.78 is 0. The van der Waals surface area contributed by atoms with Crippen LogP contribution in [0.25, 0.3) is 0 Å². The maximum atomic E-state index is 12.6. The summed E-state index contributed by atoms with van der Waals surface area (Å²) in [6, 6.07) is 17.0. The van der Waals surface area contributed by atoms with Crippen LogP contribution in [0.1, 0.15) is 34.3 Å². The first-order valence-corrected chi connectivity index (χ1v) is 10.1. The lowest BCUT2D eigenvalue weighted by atomic mass is 10.1. The Morgan fingerprint density at radius 3 is 2.52 bits per heavy atom. The first kappa shape index (κ1) is 19.2. The third-order valence-electron chi connectivity index (χ3n) is 5.63. The summed E-state index contributed by atoms with van der Waals surface area (Å²) in [5.41, 5.74) is 2.69. The molecule has 0 aliphatic carbocycles. The molecule has 2 aromatic rings. The number of nitrogens with one attached hydrogen (secondary N) is 1. The van der Waals surface area contributed by atoms with Gasteiger partial charge in [0.1, 0.15) is 12.6 Å². The second kappa shape index (κ2) is 8.47. The fourth-order valence-electron chi connectivity index (χ4n) is 4.05. The lowest BCUT2D eigenvalue weighted by Crippen LogP contribution is -2.56. The Morgan fingerprint density at radius 2 is 1.76 bits per heavy atom. The van der Waals surface area contributed by atoms with Crippen LogP contribution >= 0.6 is 0 Å². The van der Waals surface area contributed by atoms with Crippen molar-refractivity contribution in [3.63, 3.8) is 0 Å². The Morgan fingerprint density at radius 1 is 1.00 bits per heavy atom. The Hall–Kier alpha value is -3.15. The predicted octanol–water partition coefficient (Wildman–Crippen LogP) is 1.99. The largest absolute Gasteiger partial charge is 0.352 e. The van der Waals surface area contributed by atoms with E-state index in [4.69, 9.17) is 0 Å². The number of carbonyl (C=O) groups is 3. The van der Waals surface area contributed by atoms with Crippen molar-refractivity contribution in [1.29, 1.82) is 0 Å². The molecule has 2 heterocycles. The molecule has 1 unspecified atom stereocenters. The predicted molar refractivity (Wildman–Crippen MR) is 109 cm³/mol. The van der Waals surface area contributed by atoms with Crippen LogP contribution in [0.2, 0.25) is 0 Å². The van der Waals surface area contributed by atoms with Gasteiger partial charge in [0.15, 0.2) is 0 Å². The van der Waals surface area contributed by atoms with Crippen molar-refractivity contribution < 1.29 is 14.4 Å². The Labute approximate surface area is 170 Å². The van der Waals surface area contributed by atoms with Crippen molar-refractivity contribution in [3.05, 3.63) is 71.3 Å². The maximum absolute atomic E-state index is 12.6. The number of nitrogens with zero attached hydrogens (tertiary/aromatic N) is 2. The highest BCUT2D eigenvalue weighted by Crippen LogP contribution is 2.24. The molecule has 2 fully saturated rings. The highest BCUT2D eigenvalue weighted by atomic mass is 16.2. The van der Waals surface area contributed by atoms with Gasteiger partial charge in [-0.1, -0.05) is 42.5 Å². The SMILES string of the molecule is O=C(NCCc1ccccc1)c1ccc(CN2CC(=O)N3CCCC3C2=O)cc1. The van der Waals surface area contributed by atoms with E-state index in [1.54, 1.807) is 21.9 Å². The smallest absolute Gasteiger partial charge is 0.251 e. The van der Waals surface area contributed by atoms with Crippen molar-refractivity contribution in [2.24, 2.45) is 0 Å². The van der Waals surface area contributed by atoms with E-state index in [-0.39, 0.29) is 30.3 Å². The first-order valence-electron chi connectivity index (χ1n) is 10.1. The standard InChI is InChI=1S/C23H25N3O3/c27-21-16-25(23(29)20-7-4-14-26(20)21)15-18-8-10-19(11-9-18)22(28)24-13-12-17-5-2-1-3-6-17/h1-3,5-6,8-11,20H,4,7,12-16H2,(H,24,28). The van der Waals surface area contributed by atoms with E-state index in [1.165, 1.54) is 5.56 Å². The number of rotatable bonds is 6.